The lowest BCUT2D eigenvalue weighted by atomic mass is 10.1. The van der Waals surface area contributed by atoms with Gasteiger partial charge in [-0.25, -0.2) is 4.68 Å². The van der Waals surface area contributed by atoms with Crippen LogP contribution in [0.15, 0.2) is 58.5 Å². The maximum Gasteiger partial charge on any atom is 0.274 e. The molecule has 9 nitrogen and oxygen atoms in total. The Morgan fingerprint density at radius 2 is 1.78 bits per heavy atom. The number of aryl methyl sites for hydroxylation is 1. The standard InChI is InChI=1S/C22H22N6O3S/c1-27-19(12-18-16-6-4-5-7-17(16)21(30)28(2)26-18)24-25-22(27)32-13-20(29)23-14-8-10-15(31-3)11-9-14/h4-11H,12-13H2,1-3H3,(H,23,29). The van der Waals surface area contributed by atoms with Crippen molar-refractivity contribution in [1.29, 1.82) is 0 Å². The van der Waals surface area contributed by atoms with E-state index in [2.05, 4.69) is 20.6 Å². The molecule has 0 aliphatic rings. The molecule has 0 atom stereocenters. The van der Waals surface area contributed by atoms with Gasteiger partial charge in [-0.2, -0.15) is 5.10 Å². The minimum atomic E-state index is -0.143. The molecule has 0 fully saturated rings. The number of nitrogens with zero attached hydrogens (tertiary/aromatic N) is 5. The van der Waals surface area contributed by atoms with Crippen LogP contribution in [0.2, 0.25) is 0 Å². The Kier molecular flexibility index (Phi) is 6.22. The molecule has 32 heavy (non-hydrogen) atoms. The summed E-state index contributed by atoms with van der Waals surface area (Å²) >= 11 is 1.30. The third-order valence-electron chi connectivity index (χ3n) is 4.99. The number of aromatic nitrogens is 5. The van der Waals surface area contributed by atoms with E-state index >= 15 is 0 Å². The fraction of sp³-hybridized carbons (Fsp3) is 0.227. The summed E-state index contributed by atoms with van der Waals surface area (Å²) in [7, 11) is 5.08. The second kappa shape index (κ2) is 9.23. The maximum absolute atomic E-state index is 12.3. The van der Waals surface area contributed by atoms with Crippen LogP contribution in [-0.4, -0.2) is 43.3 Å². The Labute approximate surface area is 188 Å². The van der Waals surface area contributed by atoms with Gasteiger partial charge in [-0.05, 0) is 30.3 Å². The van der Waals surface area contributed by atoms with Gasteiger partial charge in [-0.15, -0.1) is 10.2 Å². The topological polar surface area (TPSA) is 104 Å². The second-order valence-corrected chi connectivity index (χ2v) is 8.06. The molecule has 0 radical (unpaired) electrons. The second-order valence-electron chi connectivity index (χ2n) is 7.12. The van der Waals surface area contributed by atoms with Crippen molar-refractivity contribution < 1.29 is 9.53 Å². The zero-order valence-corrected chi connectivity index (χ0v) is 18.7. The van der Waals surface area contributed by atoms with Crippen molar-refractivity contribution in [3.05, 3.63) is 70.4 Å². The summed E-state index contributed by atoms with van der Waals surface area (Å²) in [6.45, 7) is 0. The Bertz CT molecular complexity index is 1330. The van der Waals surface area contributed by atoms with E-state index in [0.717, 1.165) is 16.8 Å². The highest BCUT2D eigenvalue weighted by molar-refractivity contribution is 7.99. The largest absolute Gasteiger partial charge is 0.497 e. The first-order chi connectivity index (χ1) is 15.5. The molecule has 164 valence electrons. The summed E-state index contributed by atoms with van der Waals surface area (Å²) in [5.74, 6) is 1.47. The highest BCUT2D eigenvalue weighted by Crippen LogP contribution is 2.20. The van der Waals surface area contributed by atoms with Gasteiger partial charge in [0, 0.05) is 25.2 Å². The maximum atomic E-state index is 12.3. The molecular formula is C22H22N6O3S. The van der Waals surface area contributed by atoms with Crippen molar-refractivity contribution in [3.63, 3.8) is 0 Å². The van der Waals surface area contributed by atoms with E-state index in [1.165, 1.54) is 16.4 Å². The number of carbonyl (C=O) groups excluding carboxylic acids is 1. The van der Waals surface area contributed by atoms with Crippen molar-refractivity contribution in [1.82, 2.24) is 24.5 Å². The van der Waals surface area contributed by atoms with Crippen LogP contribution in [0.25, 0.3) is 10.8 Å². The van der Waals surface area contributed by atoms with Gasteiger partial charge in [0.25, 0.3) is 5.56 Å². The Hall–Kier alpha value is -3.66. The fourth-order valence-corrected chi connectivity index (χ4v) is 4.01. The van der Waals surface area contributed by atoms with Crippen LogP contribution in [0.3, 0.4) is 0 Å². The van der Waals surface area contributed by atoms with E-state index < -0.39 is 0 Å². The first-order valence-electron chi connectivity index (χ1n) is 9.86. The van der Waals surface area contributed by atoms with Gasteiger partial charge in [-0.3, -0.25) is 9.59 Å². The number of rotatable bonds is 7. The molecule has 2 aromatic carbocycles. The summed E-state index contributed by atoms with van der Waals surface area (Å²) in [6.07, 6.45) is 0.413. The van der Waals surface area contributed by atoms with E-state index in [-0.39, 0.29) is 17.2 Å². The summed E-state index contributed by atoms with van der Waals surface area (Å²) < 4.78 is 8.30. The van der Waals surface area contributed by atoms with Gasteiger partial charge in [0.15, 0.2) is 5.16 Å². The fourth-order valence-electron chi connectivity index (χ4n) is 3.28. The number of nitrogens with one attached hydrogen (secondary N) is 1. The summed E-state index contributed by atoms with van der Waals surface area (Å²) in [5, 5.41) is 17.8. The minimum absolute atomic E-state index is 0.138. The zero-order valence-electron chi connectivity index (χ0n) is 17.9. The van der Waals surface area contributed by atoms with E-state index in [0.29, 0.717) is 28.5 Å². The summed E-state index contributed by atoms with van der Waals surface area (Å²) in [4.78, 5) is 24.6. The molecular weight excluding hydrogens is 428 g/mol. The lowest BCUT2D eigenvalue weighted by Crippen LogP contribution is -2.21. The van der Waals surface area contributed by atoms with Crippen LogP contribution < -0.4 is 15.6 Å². The number of anilines is 1. The van der Waals surface area contributed by atoms with Crippen molar-refractivity contribution >= 4 is 34.1 Å². The molecule has 4 rings (SSSR count). The number of hydrogen-bond acceptors (Lipinski definition) is 7. The molecule has 2 aromatic heterocycles. The van der Waals surface area contributed by atoms with E-state index in [4.69, 9.17) is 4.74 Å². The van der Waals surface area contributed by atoms with Gasteiger partial charge in [0.05, 0.1) is 30.4 Å². The third-order valence-corrected chi connectivity index (χ3v) is 6.01. The van der Waals surface area contributed by atoms with Crippen LogP contribution in [0, 0.1) is 0 Å². The van der Waals surface area contributed by atoms with Crippen LogP contribution in [0.5, 0.6) is 5.75 Å². The molecule has 4 aromatic rings. The predicted octanol–water partition coefficient (Wildman–Crippen LogP) is 2.39. The van der Waals surface area contributed by atoms with Crippen molar-refractivity contribution in [2.24, 2.45) is 14.1 Å². The number of fused-ring (bicyclic) bond motifs is 1. The smallest absolute Gasteiger partial charge is 0.274 e. The first kappa shape index (κ1) is 21.6. The van der Waals surface area contributed by atoms with E-state index in [1.54, 1.807) is 44.5 Å². The van der Waals surface area contributed by atoms with E-state index in [1.807, 2.05) is 29.8 Å². The first-order valence-corrected chi connectivity index (χ1v) is 10.8. The number of carbonyl (C=O) groups is 1. The highest BCUT2D eigenvalue weighted by atomic mass is 32.2. The Morgan fingerprint density at radius 3 is 2.50 bits per heavy atom. The van der Waals surface area contributed by atoms with Gasteiger partial charge >= 0.3 is 0 Å². The molecule has 0 bridgehead atoms. The van der Waals surface area contributed by atoms with E-state index in [9.17, 15) is 9.59 Å². The number of hydrogen-bond donors (Lipinski definition) is 1. The van der Waals surface area contributed by atoms with Crippen molar-refractivity contribution in [2.45, 2.75) is 11.6 Å². The molecule has 0 aliphatic carbocycles. The molecule has 10 heteroatoms. The molecule has 1 amide bonds. The number of benzene rings is 2. The third kappa shape index (κ3) is 4.50. The van der Waals surface area contributed by atoms with Crippen LogP contribution >= 0.6 is 11.8 Å². The van der Waals surface area contributed by atoms with Gasteiger partial charge < -0.3 is 14.6 Å². The highest BCUT2D eigenvalue weighted by Gasteiger charge is 2.15. The molecule has 1 N–H and O–H groups in total. The quantitative estimate of drug-likeness (QED) is 0.431. The molecule has 2 heterocycles. The minimum Gasteiger partial charge on any atom is -0.497 e. The Balaban J connectivity index is 1.45. The Morgan fingerprint density at radius 1 is 1.06 bits per heavy atom. The van der Waals surface area contributed by atoms with Gasteiger partial charge in [0.2, 0.25) is 5.91 Å². The molecule has 0 saturated heterocycles. The average molecular weight is 451 g/mol. The van der Waals surface area contributed by atoms with Crippen molar-refractivity contribution in [2.75, 3.05) is 18.2 Å². The predicted molar refractivity (Wildman–Crippen MR) is 123 cm³/mol. The van der Waals surface area contributed by atoms with Crippen LogP contribution in [0.1, 0.15) is 11.5 Å². The lowest BCUT2D eigenvalue weighted by molar-refractivity contribution is -0.113. The normalized spacial score (nSPS) is 11.0. The summed E-state index contributed by atoms with van der Waals surface area (Å²) in [6, 6.07) is 14.5. The van der Waals surface area contributed by atoms with Gasteiger partial charge in [-0.1, -0.05) is 30.0 Å². The molecule has 0 aliphatic heterocycles. The van der Waals surface area contributed by atoms with Crippen LogP contribution in [0.4, 0.5) is 5.69 Å². The number of thioether (sulfide) groups is 1. The number of ether oxygens (including phenoxy) is 1. The van der Waals surface area contributed by atoms with Crippen LogP contribution in [-0.2, 0) is 25.3 Å². The van der Waals surface area contributed by atoms with Gasteiger partial charge in [0.1, 0.15) is 11.6 Å². The van der Waals surface area contributed by atoms with Crippen molar-refractivity contribution in [3.8, 4) is 5.75 Å². The lowest BCUT2D eigenvalue weighted by Gasteiger charge is -2.08. The molecule has 0 saturated carbocycles. The average Bonchev–Trinajstić information content (AvgIpc) is 3.15. The number of methoxy groups -OCH3 is 1. The molecule has 0 unspecified atom stereocenters. The number of amides is 1. The zero-order chi connectivity index (χ0) is 22.7. The molecule has 0 spiro atoms. The SMILES string of the molecule is COc1ccc(NC(=O)CSc2nnc(Cc3nn(C)c(=O)c4ccccc34)n2C)cc1. The monoisotopic (exact) mass is 450 g/mol. The summed E-state index contributed by atoms with van der Waals surface area (Å²) in [5.41, 5.74) is 1.30.